The molecule has 17 heavy (non-hydrogen) atoms. The molecule has 0 aromatic heterocycles. The SMILES string of the molecule is O=C1CC(CCl)CN1C1(C(=O)O)CCOCC1. The number of carboxylic acid groups (broad SMARTS) is 1. The van der Waals surface area contributed by atoms with Gasteiger partial charge >= 0.3 is 5.97 Å². The molecule has 0 aliphatic carbocycles. The van der Waals surface area contributed by atoms with Crippen molar-refractivity contribution in [1.82, 2.24) is 4.90 Å². The summed E-state index contributed by atoms with van der Waals surface area (Å²) in [6.07, 6.45) is 1.09. The lowest BCUT2D eigenvalue weighted by molar-refractivity contribution is -0.163. The first-order valence-corrected chi connectivity index (χ1v) is 6.31. The maximum Gasteiger partial charge on any atom is 0.329 e. The van der Waals surface area contributed by atoms with Gasteiger partial charge in [0.05, 0.1) is 0 Å². The number of halogens is 1. The third kappa shape index (κ3) is 2.13. The molecule has 2 rings (SSSR count). The smallest absolute Gasteiger partial charge is 0.329 e. The molecule has 2 heterocycles. The van der Waals surface area contributed by atoms with E-state index in [0.29, 0.717) is 44.9 Å². The highest BCUT2D eigenvalue weighted by Gasteiger charge is 2.50. The van der Waals surface area contributed by atoms with Gasteiger partial charge in [-0.25, -0.2) is 4.79 Å². The summed E-state index contributed by atoms with van der Waals surface area (Å²) in [5.74, 6) is -0.554. The quantitative estimate of drug-likeness (QED) is 0.760. The van der Waals surface area contributed by atoms with Crippen LogP contribution in [0.4, 0.5) is 0 Å². The van der Waals surface area contributed by atoms with E-state index in [1.54, 1.807) is 0 Å². The van der Waals surface area contributed by atoms with Crippen molar-refractivity contribution in [2.75, 3.05) is 25.6 Å². The normalized spacial score (nSPS) is 28.4. The van der Waals surface area contributed by atoms with Crippen molar-refractivity contribution in [3.63, 3.8) is 0 Å². The molecule has 0 aromatic carbocycles. The monoisotopic (exact) mass is 261 g/mol. The maximum atomic E-state index is 11.9. The summed E-state index contributed by atoms with van der Waals surface area (Å²) in [6, 6.07) is 0. The summed E-state index contributed by atoms with van der Waals surface area (Å²) in [7, 11) is 0. The van der Waals surface area contributed by atoms with Crippen LogP contribution in [0.15, 0.2) is 0 Å². The van der Waals surface area contributed by atoms with Crippen LogP contribution < -0.4 is 0 Å². The number of carbonyl (C=O) groups is 2. The first-order chi connectivity index (χ1) is 8.10. The minimum absolute atomic E-state index is 0.0724. The van der Waals surface area contributed by atoms with Crippen LogP contribution in [0.3, 0.4) is 0 Å². The molecule has 2 aliphatic heterocycles. The van der Waals surface area contributed by atoms with Crippen molar-refractivity contribution in [3.8, 4) is 0 Å². The molecule has 1 unspecified atom stereocenters. The van der Waals surface area contributed by atoms with Gasteiger partial charge in [-0.15, -0.1) is 11.6 Å². The fourth-order valence-corrected chi connectivity index (χ4v) is 2.81. The molecule has 0 radical (unpaired) electrons. The van der Waals surface area contributed by atoms with Gasteiger partial charge in [0.15, 0.2) is 0 Å². The summed E-state index contributed by atoms with van der Waals surface area (Å²) in [5.41, 5.74) is -1.07. The molecular formula is C11H16ClNO4. The lowest BCUT2D eigenvalue weighted by Gasteiger charge is -2.40. The largest absolute Gasteiger partial charge is 0.479 e. The number of nitrogens with zero attached hydrogens (tertiary/aromatic N) is 1. The van der Waals surface area contributed by atoms with Gasteiger partial charge in [0, 0.05) is 44.9 Å². The number of hydrogen-bond donors (Lipinski definition) is 1. The molecule has 5 nitrogen and oxygen atoms in total. The summed E-state index contributed by atoms with van der Waals surface area (Å²) in [4.78, 5) is 24.9. The number of aliphatic carboxylic acids is 1. The molecule has 1 N–H and O–H groups in total. The number of hydrogen-bond acceptors (Lipinski definition) is 3. The van der Waals surface area contributed by atoms with Crippen molar-refractivity contribution in [2.24, 2.45) is 5.92 Å². The summed E-state index contributed by atoms with van der Waals surface area (Å²) < 4.78 is 5.20. The average molecular weight is 262 g/mol. The van der Waals surface area contributed by atoms with E-state index in [1.807, 2.05) is 0 Å². The second kappa shape index (κ2) is 4.82. The first-order valence-electron chi connectivity index (χ1n) is 5.78. The van der Waals surface area contributed by atoms with Crippen LogP contribution in [-0.4, -0.2) is 53.1 Å². The van der Waals surface area contributed by atoms with Gasteiger partial charge in [-0.2, -0.15) is 0 Å². The zero-order valence-electron chi connectivity index (χ0n) is 9.52. The number of carbonyl (C=O) groups excluding carboxylic acids is 1. The van der Waals surface area contributed by atoms with E-state index in [1.165, 1.54) is 4.90 Å². The van der Waals surface area contributed by atoms with Crippen molar-refractivity contribution >= 4 is 23.5 Å². The molecule has 6 heteroatoms. The molecule has 0 bridgehead atoms. The Morgan fingerprint density at radius 2 is 2.18 bits per heavy atom. The van der Waals surface area contributed by atoms with E-state index < -0.39 is 11.5 Å². The number of likely N-dealkylation sites (tertiary alicyclic amines) is 1. The van der Waals surface area contributed by atoms with Crippen molar-refractivity contribution in [3.05, 3.63) is 0 Å². The minimum atomic E-state index is -1.07. The Morgan fingerprint density at radius 3 is 2.65 bits per heavy atom. The van der Waals surface area contributed by atoms with E-state index in [2.05, 4.69) is 0 Å². The number of ether oxygens (including phenoxy) is 1. The standard InChI is InChI=1S/C11H16ClNO4/c12-6-8-5-9(14)13(7-8)11(10(15)16)1-3-17-4-2-11/h8H,1-7H2,(H,15,16). The Hall–Kier alpha value is -0.810. The Labute approximate surface area is 105 Å². The predicted octanol–water partition coefficient (Wildman–Crippen LogP) is 0.707. The zero-order chi connectivity index (χ0) is 12.5. The summed E-state index contributed by atoms with van der Waals surface area (Å²) in [5, 5.41) is 9.44. The molecule has 96 valence electrons. The predicted molar refractivity (Wildman–Crippen MR) is 61.0 cm³/mol. The van der Waals surface area contributed by atoms with Crippen molar-refractivity contribution in [2.45, 2.75) is 24.8 Å². The van der Waals surface area contributed by atoms with Crippen LogP contribution in [0.5, 0.6) is 0 Å². The topological polar surface area (TPSA) is 66.8 Å². The number of carboxylic acids is 1. The summed E-state index contributed by atoms with van der Waals surface area (Å²) in [6.45, 7) is 1.23. The number of amides is 1. The third-order valence-electron chi connectivity index (χ3n) is 3.66. The van der Waals surface area contributed by atoms with Gasteiger partial charge in [-0.3, -0.25) is 4.79 Å². The van der Waals surface area contributed by atoms with Gasteiger partial charge in [-0.05, 0) is 5.92 Å². The molecular weight excluding hydrogens is 246 g/mol. The van der Waals surface area contributed by atoms with E-state index in [4.69, 9.17) is 16.3 Å². The third-order valence-corrected chi connectivity index (χ3v) is 4.09. The van der Waals surface area contributed by atoms with Crippen LogP contribution in [-0.2, 0) is 14.3 Å². The lowest BCUT2D eigenvalue weighted by atomic mass is 9.88. The molecule has 2 aliphatic rings. The molecule has 2 fully saturated rings. The number of alkyl halides is 1. The Morgan fingerprint density at radius 1 is 1.53 bits per heavy atom. The van der Waals surface area contributed by atoms with E-state index in [0.717, 1.165) is 0 Å². The number of rotatable bonds is 3. The van der Waals surface area contributed by atoms with Crippen LogP contribution in [0.25, 0.3) is 0 Å². The fraction of sp³-hybridized carbons (Fsp3) is 0.818. The highest BCUT2D eigenvalue weighted by molar-refractivity contribution is 6.18. The molecule has 1 atom stereocenters. The van der Waals surface area contributed by atoms with Gasteiger partial charge in [0.2, 0.25) is 5.91 Å². The van der Waals surface area contributed by atoms with Crippen molar-refractivity contribution in [1.29, 1.82) is 0 Å². The second-order valence-electron chi connectivity index (χ2n) is 4.68. The maximum absolute atomic E-state index is 11.9. The molecule has 0 aromatic rings. The zero-order valence-corrected chi connectivity index (χ0v) is 10.3. The lowest BCUT2D eigenvalue weighted by Crippen LogP contribution is -2.58. The fourth-order valence-electron chi connectivity index (χ4n) is 2.61. The summed E-state index contributed by atoms with van der Waals surface area (Å²) >= 11 is 5.75. The van der Waals surface area contributed by atoms with Crippen LogP contribution in [0, 0.1) is 5.92 Å². The average Bonchev–Trinajstić information content (AvgIpc) is 2.71. The van der Waals surface area contributed by atoms with Crippen LogP contribution in [0.2, 0.25) is 0 Å². The molecule has 2 saturated heterocycles. The Kier molecular flexibility index (Phi) is 3.58. The minimum Gasteiger partial charge on any atom is -0.479 e. The molecule has 1 amide bonds. The first kappa shape index (κ1) is 12.6. The second-order valence-corrected chi connectivity index (χ2v) is 4.99. The van der Waals surface area contributed by atoms with Gasteiger partial charge in [-0.1, -0.05) is 0 Å². The van der Waals surface area contributed by atoms with Gasteiger partial charge < -0.3 is 14.7 Å². The van der Waals surface area contributed by atoms with Crippen LogP contribution >= 0.6 is 11.6 Å². The highest BCUT2D eigenvalue weighted by Crippen LogP contribution is 2.34. The van der Waals surface area contributed by atoms with E-state index in [9.17, 15) is 14.7 Å². The molecule has 0 spiro atoms. The van der Waals surface area contributed by atoms with Gasteiger partial charge in [0.1, 0.15) is 5.54 Å². The van der Waals surface area contributed by atoms with Crippen LogP contribution in [0.1, 0.15) is 19.3 Å². The highest BCUT2D eigenvalue weighted by atomic mass is 35.5. The Balaban J connectivity index is 2.22. The molecule has 0 saturated carbocycles. The van der Waals surface area contributed by atoms with E-state index >= 15 is 0 Å². The van der Waals surface area contributed by atoms with E-state index in [-0.39, 0.29) is 11.8 Å². The van der Waals surface area contributed by atoms with Crippen molar-refractivity contribution < 1.29 is 19.4 Å². The van der Waals surface area contributed by atoms with Gasteiger partial charge in [0.25, 0.3) is 0 Å². The Bertz CT molecular complexity index is 327.